The van der Waals surface area contributed by atoms with Gasteiger partial charge in [-0.2, -0.15) is 5.26 Å². The fraction of sp³-hybridized carbons (Fsp3) is 0.300. The standard InChI is InChI=1S/C20H19N3O2S/c1-24-14-6-4-13(5-7-14)16-11-17(16)19-23-18(12-21)20(25-19)22-9-8-15-3-2-10-26-15/h2-7,10,16-17,22H,8-9,11H2,1H3. The lowest BCUT2D eigenvalue weighted by molar-refractivity contribution is 0.414. The van der Waals surface area contributed by atoms with Gasteiger partial charge in [0.05, 0.1) is 7.11 Å². The molecule has 0 bridgehead atoms. The Morgan fingerprint density at radius 2 is 2.15 bits per heavy atom. The third-order valence-corrected chi connectivity index (χ3v) is 5.57. The molecule has 0 amide bonds. The normalized spacial score (nSPS) is 18.3. The van der Waals surface area contributed by atoms with E-state index in [9.17, 15) is 5.26 Å². The van der Waals surface area contributed by atoms with Gasteiger partial charge in [-0.05, 0) is 47.9 Å². The van der Waals surface area contributed by atoms with Crippen LogP contribution in [0.1, 0.15) is 40.3 Å². The third-order valence-electron chi connectivity index (χ3n) is 4.64. The number of ether oxygens (including phenoxy) is 1. The molecule has 26 heavy (non-hydrogen) atoms. The number of oxazole rings is 1. The van der Waals surface area contributed by atoms with Crippen LogP contribution >= 0.6 is 11.3 Å². The topological polar surface area (TPSA) is 71.1 Å². The van der Waals surface area contributed by atoms with Crippen LogP contribution in [0.2, 0.25) is 0 Å². The molecule has 1 N–H and O–H groups in total. The number of nitriles is 1. The van der Waals surface area contributed by atoms with E-state index in [2.05, 4.69) is 39.9 Å². The smallest absolute Gasteiger partial charge is 0.232 e. The first kappa shape index (κ1) is 16.7. The van der Waals surface area contributed by atoms with E-state index in [0.29, 0.717) is 23.4 Å². The first-order chi connectivity index (χ1) is 12.8. The molecule has 0 spiro atoms. The number of rotatable bonds is 7. The molecule has 1 aliphatic rings. The summed E-state index contributed by atoms with van der Waals surface area (Å²) in [6, 6.07) is 14.4. The van der Waals surface area contributed by atoms with E-state index in [4.69, 9.17) is 9.15 Å². The van der Waals surface area contributed by atoms with Gasteiger partial charge in [0, 0.05) is 17.3 Å². The molecule has 2 heterocycles. The van der Waals surface area contributed by atoms with Crippen LogP contribution in [0.25, 0.3) is 0 Å². The van der Waals surface area contributed by atoms with E-state index >= 15 is 0 Å². The van der Waals surface area contributed by atoms with E-state index in [0.717, 1.165) is 25.1 Å². The molecule has 0 saturated heterocycles. The fourth-order valence-electron chi connectivity index (χ4n) is 3.13. The summed E-state index contributed by atoms with van der Waals surface area (Å²) in [6.45, 7) is 0.719. The predicted molar refractivity (Wildman–Crippen MR) is 101 cm³/mol. The lowest BCUT2D eigenvalue weighted by atomic mass is 10.1. The Hall–Kier alpha value is -2.78. The van der Waals surface area contributed by atoms with Gasteiger partial charge < -0.3 is 14.5 Å². The van der Waals surface area contributed by atoms with E-state index in [-0.39, 0.29) is 5.92 Å². The van der Waals surface area contributed by atoms with Crippen molar-refractivity contribution in [3.05, 3.63) is 63.8 Å². The van der Waals surface area contributed by atoms with Gasteiger partial charge in [0.2, 0.25) is 17.5 Å². The highest BCUT2D eigenvalue weighted by atomic mass is 32.1. The van der Waals surface area contributed by atoms with Gasteiger partial charge in [-0.3, -0.25) is 0 Å². The Kier molecular flexibility index (Phi) is 4.63. The number of benzene rings is 1. The minimum absolute atomic E-state index is 0.239. The van der Waals surface area contributed by atoms with Crippen molar-refractivity contribution < 1.29 is 9.15 Å². The molecule has 0 aliphatic heterocycles. The molecule has 6 heteroatoms. The van der Waals surface area contributed by atoms with Crippen LogP contribution < -0.4 is 10.1 Å². The number of nitrogens with one attached hydrogen (secondary N) is 1. The summed E-state index contributed by atoms with van der Waals surface area (Å²) in [5, 5.41) is 14.6. The Morgan fingerprint density at radius 1 is 1.31 bits per heavy atom. The van der Waals surface area contributed by atoms with Crippen molar-refractivity contribution in [2.75, 3.05) is 19.0 Å². The van der Waals surface area contributed by atoms with E-state index in [1.54, 1.807) is 18.4 Å². The largest absolute Gasteiger partial charge is 0.497 e. The van der Waals surface area contributed by atoms with Gasteiger partial charge in [-0.15, -0.1) is 11.3 Å². The zero-order valence-corrected chi connectivity index (χ0v) is 15.3. The molecule has 1 aromatic carbocycles. The Morgan fingerprint density at radius 3 is 2.85 bits per heavy atom. The van der Waals surface area contributed by atoms with Crippen molar-refractivity contribution >= 4 is 17.2 Å². The van der Waals surface area contributed by atoms with Crippen molar-refractivity contribution in [1.29, 1.82) is 5.26 Å². The zero-order valence-electron chi connectivity index (χ0n) is 14.4. The van der Waals surface area contributed by atoms with Crippen LogP contribution in [-0.4, -0.2) is 18.6 Å². The second kappa shape index (κ2) is 7.22. The van der Waals surface area contributed by atoms with Crippen LogP contribution in [-0.2, 0) is 6.42 Å². The molecule has 5 nitrogen and oxygen atoms in total. The minimum Gasteiger partial charge on any atom is -0.497 e. The zero-order chi connectivity index (χ0) is 17.9. The van der Waals surface area contributed by atoms with Crippen LogP contribution in [0.4, 0.5) is 5.88 Å². The molecular weight excluding hydrogens is 346 g/mol. The number of nitrogens with zero attached hydrogens (tertiary/aromatic N) is 2. The molecule has 4 rings (SSSR count). The van der Waals surface area contributed by atoms with Crippen LogP contribution in [0.5, 0.6) is 5.75 Å². The maximum absolute atomic E-state index is 9.33. The quantitative estimate of drug-likeness (QED) is 0.665. The Bertz CT molecular complexity index is 910. The molecule has 2 atom stereocenters. The summed E-state index contributed by atoms with van der Waals surface area (Å²) in [4.78, 5) is 5.71. The molecule has 0 radical (unpaired) electrons. The number of aromatic nitrogens is 1. The maximum atomic E-state index is 9.33. The van der Waals surface area contributed by atoms with E-state index in [1.165, 1.54) is 10.4 Å². The van der Waals surface area contributed by atoms with E-state index in [1.807, 2.05) is 18.2 Å². The van der Waals surface area contributed by atoms with Gasteiger partial charge >= 0.3 is 0 Å². The van der Waals surface area contributed by atoms with Crippen LogP contribution in [0, 0.1) is 11.3 Å². The molecular formula is C20H19N3O2S. The minimum atomic E-state index is 0.239. The second-order valence-electron chi connectivity index (χ2n) is 6.32. The number of anilines is 1. The lowest BCUT2D eigenvalue weighted by Crippen LogP contribution is -2.04. The van der Waals surface area contributed by atoms with Gasteiger partial charge in [-0.25, -0.2) is 4.98 Å². The SMILES string of the molecule is COc1ccc(C2CC2c2nc(C#N)c(NCCc3cccs3)o2)cc1. The van der Waals surface area contributed by atoms with Crippen molar-refractivity contribution in [2.24, 2.45) is 0 Å². The summed E-state index contributed by atoms with van der Waals surface area (Å²) in [5.41, 5.74) is 1.59. The fourth-order valence-corrected chi connectivity index (χ4v) is 3.84. The monoisotopic (exact) mass is 365 g/mol. The average Bonchev–Trinajstić information content (AvgIpc) is 3.11. The molecule has 2 unspecified atom stereocenters. The number of thiophene rings is 1. The number of methoxy groups -OCH3 is 1. The van der Waals surface area contributed by atoms with Gasteiger partial charge in [0.15, 0.2) is 0 Å². The Labute approximate surface area is 156 Å². The summed E-state index contributed by atoms with van der Waals surface area (Å²) in [6.07, 6.45) is 1.89. The third kappa shape index (κ3) is 3.44. The lowest BCUT2D eigenvalue weighted by Gasteiger charge is -2.02. The van der Waals surface area contributed by atoms with Crippen LogP contribution in [0.15, 0.2) is 46.2 Å². The predicted octanol–water partition coefficient (Wildman–Crippen LogP) is 4.54. The maximum Gasteiger partial charge on any atom is 0.232 e. The van der Waals surface area contributed by atoms with Gasteiger partial charge in [-0.1, -0.05) is 18.2 Å². The summed E-state index contributed by atoms with van der Waals surface area (Å²) < 4.78 is 11.1. The van der Waals surface area contributed by atoms with Crippen molar-refractivity contribution in [3.63, 3.8) is 0 Å². The highest BCUT2D eigenvalue weighted by Crippen LogP contribution is 2.54. The molecule has 3 aromatic rings. The molecule has 2 aromatic heterocycles. The second-order valence-corrected chi connectivity index (χ2v) is 7.35. The molecule has 1 fully saturated rings. The summed E-state index contributed by atoms with van der Waals surface area (Å²) >= 11 is 1.73. The Balaban J connectivity index is 1.41. The van der Waals surface area contributed by atoms with E-state index < -0.39 is 0 Å². The first-order valence-corrected chi connectivity index (χ1v) is 9.47. The first-order valence-electron chi connectivity index (χ1n) is 8.59. The molecule has 1 aliphatic carbocycles. The van der Waals surface area contributed by atoms with Gasteiger partial charge in [0.25, 0.3) is 0 Å². The number of hydrogen-bond acceptors (Lipinski definition) is 6. The molecule has 132 valence electrons. The van der Waals surface area contributed by atoms with Crippen molar-refractivity contribution in [3.8, 4) is 11.8 Å². The highest BCUT2D eigenvalue weighted by molar-refractivity contribution is 7.09. The average molecular weight is 365 g/mol. The summed E-state index contributed by atoms with van der Waals surface area (Å²) in [5.74, 6) is 2.62. The summed E-state index contributed by atoms with van der Waals surface area (Å²) in [7, 11) is 1.66. The number of hydrogen-bond donors (Lipinski definition) is 1. The molecule has 1 saturated carbocycles. The van der Waals surface area contributed by atoms with Crippen LogP contribution in [0.3, 0.4) is 0 Å². The van der Waals surface area contributed by atoms with Gasteiger partial charge in [0.1, 0.15) is 11.8 Å². The van der Waals surface area contributed by atoms with Crippen molar-refractivity contribution in [2.45, 2.75) is 24.7 Å². The highest BCUT2D eigenvalue weighted by Gasteiger charge is 2.43. The van der Waals surface area contributed by atoms with Crippen molar-refractivity contribution in [1.82, 2.24) is 4.98 Å².